The van der Waals surface area contributed by atoms with Gasteiger partial charge in [-0.05, 0) is 49.4 Å². The fourth-order valence-electron chi connectivity index (χ4n) is 3.80. The molecule has 0 bridgehead atoms. The number of aromatic hydroxyl groups is 2. The highest BCUT2D eigenvalue weighted by molar-refractivity contribution is 7.20. The van der Waals surface area contributed by atoms with E-state index < -0.39 is 17.4 Å². The molecule has 1 aliphatic rings. The molecule has 1 aromatic carbocycles. The number of hydrogen-bond acceptors (Lipinski definition) is 9. The van der Waals surface area contributed by atoms with Crippen LogP contribution in [0.25, 0.3) is 26.7 Å². The van der Waals surface area contributed by atoms with Gasteiger partial charge in [-0.3, -0.25) is 9.36 Å². The lowest BCUT2D eigenvalue weighted by molar-refractivity contribution is 0.101. The first-order valence-corrected chi connectivity index (χ1v) is 10.7. The zero-order valence-electron chi connectivity index (χ0n) is 17.1. The van der Waals surface area contributed by atoms with Gasteiger partial charge in [0.2, 0.25) is 18.5 Å². The Bertz CT molecular complexity index is 1530. The van der Waals surface area contributed by atoms with E-state index in [1.165, 1.54) is 22.0 Å². The van der Waals surface area contributed by atoms with Gasteiger partial charge in [-0.25, -0.2) is 9.97 Å². The van der Waals surface area contributed by atoms with E-state index in [2.05, 4.69) is 9.97 Å². The molecule has 5 heterocycles. The molecule has 0 radical (unpaired) electrons. The predicted octanol–water partition coefficient (Wildman–Crippen LogP) is 4.42. The van der Waals surface area contributed by atoms with Crippen LogP contribution < -0.4 is 9.47 Å². The number of carbonyl (C=O) groups is 1. The molecule has 5 aromatic rings. The Hall–Kier alpha value is -4.31. The molecule has 164 valence electrons. The number of furan rings is 1. The molecule has 4 aromatic heterocycles. The highest BCUT2D eigenvalue weighted by Gasteiger charge is 2.33. The minimum absolute atomic E-state index is 0.0351. The topological polar surface area (TPSA) is 120 Å². The highest BCUT2D eigenvalue weighted by Crippen LogP contribution is 2.47. The smallest absolute Gasteiger partial charge is 0.242 e. The fraction of sp³-hybridized carbons (Fsp3) is 0.0870. The van der Waals surface area contributed by atoms with Gasteiger partial charge in [-0.2, -0.15) is 0 Å². The Balaban J connectivity index is 1.64. The van der Waals surface area contributed by atoms with Crippen LogP contribution in [-0.2, 0) is 0 Å². The van der Waals surface area contributed by atoms with Crippen molar-refractivity contribution >= 4 is 27.5 Å². The van der Waals surface area contributed by atoms with Crippen LogP contribution in [0.5, 0.6) is 23.1 Å². The van der Waals surface area contributed by atoms with Crippen LogP contribution in [0, 0.1) is 6.92 Å². The molecule has 0 amide bonds. The highest BCUT2D eigenvalue weighted by atomic mass is 32.1. The number of fused-ring (bicyclic) bond motifs is 2. The summed E-state index contributed by atoms with van der Waals surface area (Å²) in [6.45, 7) is 1.80. The number of aryl methyl sites for hydroxylation is 1. The van der Waals surface area contributed by atoms with Crippen molar-refractivity contribution in [2.24, 2.45) is 0 Å². The Kier molecular flexibility index (Phi) is 4.17. The van der Waals surface area contributed by atoms with E-state index in [1.54, 1.807) is 49.5 Å². The van der Waals surface area contributed by atoms with Crippen LogP contribution in [0.3, 0.4) is 0 Å². The predicted molar refractivity (Wildman–Crippen MR) is 119 cm³/mol. The van der Waals surface area contributed by atoms with E-state index in [0.717, 1.165) is 0 Å². The first kappa shape index (κ1) is 19.4. The lowest BCUT2D eigenvalue weighted by Crippen LogP contribution is -2.04. The molecule has 0 unspecified atom stereocenters. The average molecular weight is 461 g/mol. The molecule has 0 atom stereocenters. The first-order valence-electron chi connectivity index (χ1n) is 9.91. The van der Waals surface area contributed by atoms with Crippen LogP contribution in [-0.4, -0.2) is 37.3 Å². The van der Waals surface area contributed by atoms with Gasteiger partial charge in [0.15, 0.2) is 28.1 Å². The molecule has 2 N–H and O–H groups in total. The van der Waals surface area contributed by atoms with Crippen LogP contribution in [0.4, 0.5) is 0 Å². The van der Waals surface area contributed by atoms with Crippen molar-refractivity contribution < 1.29 is 28.9 Å². The largest absolute Gasteiger partial charge is 0.503 e. The van der Waals surface area contributed by atoms with E-state index in [-0.39, 0.29) is 23.8 Å². The number of ketones is 1. The lowest BCUT2D eigenvalue weighted by Gasteiger charge is -2.09. The van der Waals surface area contributed by atoms with E-state index in [4.69, 9.17) is 13.9 Å². The van der Waals surface area contributed by atoms with Crippen molar-refractivity contribution in [1.29, 1.82) is 0 Å². The zero-order valence-corrected chi connectivity index (χ0v) is 17.9. The summed E-state index contributed by atoms with van der Waals surface area (Å²) in [4.78, 5) is 22.9. The first-order chi connectivity index (χ1) is 16.0. The summed E-state index contributed by atoms with van der Waals surface area (Å²) in [5.74, 6) is -0.0541. The summed E-state index contributed by atoms with van der Waals surface area (Å²) in [6, 6.07) is 11.8. The number of pyridine rings is 1. The Labute approximate surface area is 190 Å². The SMILES string of the molecule is Cc1ccc(C(=O)c2c(O)c(O)n(-c3nc4cccnc4s3)c2-c2ccc3c(c2)OCO3)o1. The van der Waals surface area contributed by atoms with Gasteiger partial charge in [0, 0.05) is 11.8 Å². The molecule has 10 heteroatoms. The van der Waals surface area contributed by atoms with Crippen molar-refractivity contribution in [3.63, 3.8) is 0 Å². The molecule has 1 aliphatic heterocycles. The normalized spacial score (nSPS) is 12.5. The van der Waals surface area contributed by atoms with E-state index in [0.29, 0.717) is 38.3 Å². The van der Waals surface area contributed by atoms with Crippen molar-refractivity contribution in [2.45, 2.75) is 6.92 Å². The molecular formula is C23H15N3O6S. The molecule has 0 saturated carbocycles. The summed E-state index contributed by atoms with van der Waals surface area (Å²) < 4.78 is 17.7. The maximum absolute atomic E-state index is 13.4. The van der Waals surface area contributed by atoms with Crippen molar-refractivity contribution in [2.75, 3.05) is 6.79 Å². The standard InChI is InChI=1S/C23H15N3O6S/c1-11-4-6-15(32-11)19(27)17-18(12-5-7-14-16(9-12)31-10-30-14)26(22(29)20(17)28)23-25-13-3-2-8-24-21(13)33-23/h2-9,28-29H,10H2,1H3. The zero-order chi connectivity index (χ0) is 22.7. The molecule has 0 fully saturated rings. The average Bonchev–Trinajstić information content (AvgIpc) is 3.59. The Morgan fingerprint density at radius 2 is 1.97 bits per heavy atom. The minimum atomic E-state index is -0.582. The van der Waals surface area contributed by atoms with Crippen LogP contribution in [0.15, 0.2) is 53.1 Å². The molecule has 0 spiro atoms. The number of benzene rings is 1. The third-order valence-electron chi connectivity index (χ3n) is 5.30. The van der Waals surface area contributed by atoms with Crippen LogP contribution in [0.1, 0.15) is 21.9 Å². The fourth-order valence-corrected chi connectivity index (χ4v) is 4.72. The quantitative estimate of drug-likeness (QED) is 0.378. The monoisotopic (exact) mass is 461 g/mol. The molecule has 9 nitrogen and oxygen atoms in total. The van der Waals surface area contributed by atoms with Crippen LogP contribution in [0.2, 0.25) is 0 Å². The lowest BCUT2D eigenvalue weighted by atomic mass is 10.0. The summed E-state index contributed by atoms with van der Waals surface area (Å²) in [6.07, 6.45) is 1.64. The third-order valence-corrected chi connectivity index (χ3v) is 6.27. The van der Waals surface area contributed by atoms with Gasteiger partial charge in [0.25, 0.3) is 0 Å². The molecular weight excluding hydrogens is 446 g/mol. The van der Waals surface area contributed by atoms with Gasteiger partial charge >= 0.3 is 0 Å². The number of nitrogens with zero attached hydrogens (tertiary/aromatic N) is 3. The summed E-state index contributed by atoms with van der Waals surface area (Å²) in [5, 5.41) is 22.2. The van der Waals surface area contributed by atoms with E-state index in [9.17, 15) is 15.0 Å². The van der Waals surface area contributed by atoms with Gasteiger partial charge < -0.3 is 24.1 Å². The molecule has 33 heavy (non-hydrogen) atoms. The summed E-state index contributed by atoms with van der Waals surface area (Å²) in [5.41, 5.74) is 1.25. The number of carbonyl (C=O) groups excluding carboxylic acids is 1. The second-order valence-corrected chi connectivity index (χ2v) is 8.32. The van der Waals surface area contributed by atoms with E-state index in [1.807, 2.05) is 0 Å². The molecule has 0 saturated heterocycles. The van der Waals surface area contributed by atoms with Gasteiger partial charge in [0.05, 0.1) is 11.3 Å². The van der Waals surface area contributed by atoms with Crippen molar-refractivity contribution in [1.82, 2.24) is 14.5 Å². The van der Waals surface area contributed by atoms with Crippen molar-refractivity contribution in [3.05, 3.63) is 65.7 Å². The van der Waals surface area contributed by atoms with E-state index >= 15 is 0 Å². The van der Waals surface area contributed by atoms with Gasteiger partial charge in [-0.15, -0.1) is 0 Å². The molecule has 0 aliphatic carbocycles. The number of thiazole rings is 1. The number of hydrogen-bond donors (Lipinski definition) is 2. The molecule has 6 rings (SSSR count). The number of rotatable bonds is 4. The summed E-state index contributed by atoms with van der Waals surface area (Å²) >= 11 is 1.21. The van der Waals surface area contributed by atoms with Gasteiger partial charge in [-0.1, -0.05) is 11.3 Å². The van der Waals surface area contributed by atoms with Crippen LogP contribution >= 0.6 is 11.3 Å². The number of aromatic nitrogens is 3. The number of ether oxygens (including phenoxy) is 2. The van der Waals surface area contributed by atoms with Gasteiger partial charge in [0.1, 0.15) is 16.1 Å². The third kappa shape index (κ3) is 2.95. The Morgan fingerprint density at radius 3 is 2.76 bits per heavy atom. The van der Waals surface area contributed by atoms with Crippen molar-refractivity contribution in [3.8, 4) is 39.5 Å². The second-order valence-electron chi connectivity index (χ2n) is 7.36. The maximum atomic E-state index is 13.4. The summed E-state index contributed by atoms with van der Waals surface area (Å²) in [7, 11) is 0. The Morgan fingerprint density at radius 1 is 1.12 bits per heavy atom. The second kappa shape index (κ2) is 7.10. The maximum Gasteiger partial charge on any atom is 0.242 e. The minimum Gasteiger partial charge on any atom is -0.503 e.